The van der Waals surface area contributed by atoms with Crippen LogP contribution in [-0.4, -0.2) is 46.9 Å². The molecule has 8 heteroatoms. The number of nitro benzene ring substituents is 1. The fourth-order valence-corrected chi connectivity index (χ4v) is 3.44. The van der Waals surface area contributed by atoms with Gasteiger partial charge in [-0.15, -0.1) is 0 Å². The first-order valence-corrected chi connectivity index (χ1v) is 8.48. The van der Waals surface area contributed by atoms with Gasteiger partial charge in [0.1, 0.15) is 6.04 Å². The van der Waals surface area contributed by atoms with E-state index >= 15 is 0 Å². The number of nitro groups is 1. The van der Waals surface area contributed by atoms with Crippen LogP contribution in [0.1, 0.15) is 24.8 Å². The molecule has 2 saturated heterocycles. The van der Waals surface area contributed by atoms with Crippen LogP contribution in [0.2, 0.25) is 0 Å². The molecule has 3 atom stereocenters. The lowest BCUT2D eigenvalue weighted by Crippen LogP contribution is -2.45. The highest BCUT2D eigenvalue weighted by Gasteiger charge is 2.36. The number of carbonyl (C=O) groups is 1. The zero-order chi connectivity index (χ0) is 17.8. The van der Waals surface area contributed by atoms with E-state index in [9.17, 15) is 14.9 Å². The van der Waals surface area contributed by atoms with Crippen LogP contribution in [0.5, 0.6) is 0 Å². The molecule has 1 unspecified atom stereocenters. The third-order valence-electron chi connectivity index (χ3n) is 4.86. The first-order valence-electron chi connectivity index (χ1n) is 8.48. The number of non-ortho nitro benzene ring substituents is 1. The lowest BCUT2D eigenvalue weighted by atomic mass is 10.1. The summed E-state index contributed by atoms with van der Waals surface area (Å²) in [6, 6.07) is 8.28. The standard InChI is InChI=1S/C17H21N5O3/c18-9-15-2-1-7-21(15)17(23)16-8-13(11-20-16)19-10-12-3-5-14(6-4-12)22(24)25/h3-6,13,15-16,19-20H,1-2,7-8,10-11H2/t13-,15?,16-/m0/s1. The summed E-state index contributed by atoms with van der Waals surface area (Å²) in [6.07, 6.45) is 2.33. The van der Waals surface area contributed by atoms with Gasteiger partial charge in [0.2, 0.25) is 5.91 Å². The summed E-state index contributed by atoms with van der Waals surface area (Å²) >= 11 is 0. The van der Waals surface area contributed by atoms with Crippen molar-refractivity contribution in [2.45, 2.75) is 43.9 Å². The maximum atomic E-state index is 12.6. The number of amides is 1. The van der Waals surface area contributed by atoms with Gasteiger partial charge in [-0.2, -0.15) is 5.26 Å². The molecule has 2 heterocycles. The van der Waals surface area contributed by atoms with E-state index in [2.05, 4.69) is 16.7 Å². The SMILES string of the molecule is N#CC1CCCN1C(=O)[C@@H]1C[C@H](NCc2ccc([N+](=O)[O-])cc2)CN1. The van der Waals surface area contributed by atoms with Gasteiger partial charge in [0, 0.05) is 37.8 Å². The zero-order valence-corrected chi connectivity index (χ0v) is 13.9. The van der Waals surface area contributed by atoms with Crippen molar-refractivity contribution in [3.63, 3.8) is 0 Å². The number of nitrogens with zero attached hydrogens (tertiary/aromatic N) is 3. The van der Waals surface area contributed by atoms with E-state index in [0.29, 0.717) is 26.1 Å². The summed E-state index contributed by atoms with van der Waals surface area (Å²) in [5.74, 6) is 0.0173. The van der Waals surface area contributed by atoms with Crippen molar-refractivity contribution in [2.75, 3.05) is 13.1 Å². The van der Waals surface area contributed by atoms with Gasteiger partial charge in [-0.25, -0.2) is 0 Å². The molecule has 1 aromatic rings. The zero-order valence-electron chi connectivity index (χ0n) is 13.9. The molecule has 3 rings (SSSR count). The number of nitrogens with one attached hydrogen (secondary N) is 2. The van der Waals surface area contributed by atoms with E-state index in [4.69, 9.17) is 5.26 Å². The van der Waals surface area contributed by atoms with Crippen LogP contribution in [0.15, 0.2) is 24.3 Å². The Morgan fingerprint density at radius 2 is 2.20 bits per heavy atom. The molecule has 0 radical (unpaired) electrons. The Kier molecular flexibility index (Phi) is 5.26. The normalized spacial score (nSPS) is 25.7. The topological polar surface area (TPSA) is 111 Å². The Labute approximate surface area is 146 Å². The predicted molar refractivity (Wildman–Crippen MR) is 90.5 cm³/mol. The minimum absolute atomic E-state index is 0.0173. The maximum Gasteiger partial charge on any atom is 0.269 e. The van der Waals surface area contributed by atoms with Gasteiger partial charge in [0.15, 0.2) is 0 Å². The molecular formula is C17H21N5O3. The van der Waals surface area contributed by atoms with Crippen LogP contribution in [0.3, 0.4) is 0 Å². The molecule has 8 nitrogen and oxygen atoms in total. The Morgan fingerprint density at radius 1 is 1.44 bits per heavy atom. The third-order valence-corrected chi connectivity index (χ3v) is 4.86. The third kappa shape index (κ3) is 3.95. The molecule has 2 N–H and O–H groups in total. The highest BCUT2D eigenvalue weighted by molar-refractivity contribution is 5.83. The minimum atomic E-state index is -0.416. The van der Waals surface area contributed by atoms with Crippen molar-refractivity contribution in [2.24, 2.45) is 0 Å². The second kappa shape index (κ2) is 7.59. The number of carbonyl (C=O) groups excluding carboxylic acids is 1. The Morgan fingerprint density at radius 3 is 2.88 bits per heavy atom. The molecule has 132 valence electrons. The summed E-state index contributed by atoms with van der Waals surface area (Å²) in [5.41, 5.74) is 1.04. The van der Waals surface area contributed by atoms with Crippen molar-refractivity contribution in [3.05, 3.63) is 39.9 Å². The summed E-state index contributed by atoms with van der Waals surface area (Å²) in [5, 5.41) is 26.4. The lowest BCUT2D eigenvalue weighted by Gasteiger charge is -2.23. The molecule has 1 amide bonds. The summed E-state index contributed by atoms with van der Waals surface area (Å²) in [4.78, 5) is 24.5. The lowest BCUT2D eigenvalue weighted by molar-refractivity contribution is -0.384. The van der Waals surface area contributed by atoms with E-state index < -0.39 is 4.92 Å². The minimum Gasteiger partial charge on any atom is -0.325 e. The second-order valence-corrected chi connectivity index (χ2v) is 6.52. The molecule has 1 aromatic carbocycles. The number of rotatable bonds is 5. The molecular weight excluding hydrogens is 322 g/mol. The smallest absolute Gasteiger partial charge is 0.269 e. The fourth-order valence-electron chi connectivity index (χ4n) is 3.44. The average molecular weight is 343 g/mol. The van der Waals surface area contributed by atoms with Crippen LogP contribution in [-0.2, 0) is 11.3 Å². The van der Waals surface area contributed by atoms with Gasteiger partial charge >= 0.3 is 0 Å². The number of likely N-dealkylation sites (tertiary alicyclic amines) is 1. The van der Waals surface area contributed by atoms with Gasteiger partial charge in [0.25, 0.3) is 5.69 Å². The van der Waals surface area contributed by atoms with Gasteiger partial charge in [-0.3, -0.25) is 14.9 Å². The molecule has 2 aliphatic heterocycles. The molecule has 0 aliphatic carbocycles. The van der Waals surface area contributed by atoms with E-state index in [1.54, 1.807) is 17.0 Å². The van der Waals surface area contributed by atoms with Gasteiger partial charge in [-0.05, 0) is 24.8 Å². The van der Waals surface area contributed by atoms with Crippen molar-refractivity contribution in [1.29, 1.82) is 5.26 Å². The van der Waals surface area contributed by atoms with Gasteiger partial charge < -0.3 is 15.5 Å². The number of hydrogen-bond donors (Lipinski definition) is 2. The summed E-state index contributed by atoms with van der Waals surface area (Å²) < 4.78 is 0. The number of nitriles is 1. The van der Waals surface area contributed by atoms with E-state index in [1.807, 2.05) is 0 Å². The predicted octanol–water partition coefficient (Wildman–Crippen LogP) is 0.929. The number of benzene rings is 1. The van der Waals surface area contributed by atoms with Gasteiger partial charge in [-0.1, -0.05) is 12.1 Å². The highest BCUT2D eigenvalue weighted by atomic mass is 16.6. The summed E-state index contributed by atoms with van der Waals surface area (Å²) in [6.45, 7) is 1.94. The van der Waals surface area contributed by atoms with Crippen molar-refractivity contribution >= 4 is 11.6 Å². The molecule has 2 fully saturated rings. The monoisotopic (exact) mass is 343 g/mol. The highest BCUT2D eigenvalue weighted by Crippen LogP contribution is 2.20. The molecule has 0 aromatic heterocycles. The Hall–Kier alpha value is -2.50. The molecule has 2 aliphatic rings. The van der Waals surface area contributed by atoms with Crippen molar-refractivity contribution < 1.29 is 9.72 Å². The van der Waals surface area contributed by atoms with E-state index in [0.717, 1.165) is 18.4 Å². The van der Waals surface area contributed by atoms with E-state index in [1.165, 1.54) is 12.1 Å². The molecule has 0 bridgehead atoms. The average Bonchev–Trinajstić information content (AvgIpc) is 3.28. The molecule has 25 heavy (non-hydrogen) atoms. The quantitative estimate of drug-likeness (QED) is 0.608. The Balaban J connectivity index is 1.49. The summed E-state index contributed by atoms with van der Waals surface area (Å²) in [7, 11) is 0. The van der Waals surface area contributed by atoms with Crippen LogP contribution >= 0.6 is 0 Å². The fraction of sp³-hybridized carbons (Fsp3) is 0.529. The largest absolute Gasteiger partial charge is 0.325 e. The first kappa shape index (κ1) is 17.3. The number of hydrogen-bond acceptors (Lipinski definition) is 6. The van der Waals surface area contributed by atoms with Crippen LogP contribution in [0.25, 0.3) is 0 Å². The van der Waals surface area contributed by atoms with Crippen LogP contribution in [0, 0.1) is 21.4 Å². The van der Waals surface area contributed by atoms with Gasteiger partial charge in [0.05, 0.1) is 17.0 Å². The second-order valence-electron chi connectivity index (χ2n) is 6.52. The maximum absolute atomic E-state index is 12.6. The van der Waals surface area contributed by atoms with Crippen LogP contribution < -0.4 is 10.6 Å². The first-order chi connectivity index (χ1) is 12.1. The Bertz CT molecular complexity index is 685. The molecule has 0 saturated carbocycles. The van der Waals surface area contributed by atoms with E-state index in [-0.39, 0.29) is 29.7 Å². The van der Waals surface area contributed by atoms with Crippen molar-refractivity contribution in [3.8, 4) is 6.07 Å². The van der Waals surface area contributed by atoms with Crippen LogP contribution in [0.4, 0.5) is 5.69 Å². The van der Waals surface area contributed by atoms with Crippen molar-refractivity contribution in [1.82, 2.24) is 15.5 Å². The molecule has 0 spiro atoms.